The van der Waals surface area contributed by atoms with Gasteiger partial charge in [0, 0.05) is 38.4 Å². The van der Waals surface area contributed by atoms with Crippen molar-refractivity contribution in [3.8, 4) is 0 Å². The van der Waals surface area contributed by atoms with E-state index in [2.05, 4.69) is 47.1 Å². The van der Waals surface area contributed by atoms with Gasteiger partial charge >= 0.3 is 6.09 Å². The molecule has 1 atom stereocenters. The quantitative estimate of drug-likeness (QED) is 0.833. The molecule has 0 radical (unpaired) electrons. The van der Waals surface area contributed by atoms with Crippen LogP contribution in [0.3, 0.4) is 0 Å². The zero-order chi connectivity index (χ0) is 20.2. The number of anilines is 1. The minimum Gasteiger partial charge on any atom is -0.465 e. The lowest BCUT2D eigenvalue weighted by atomic mass is 9.88. The largest absolute Gasteiger partial charge is 0.465 e. The Morgan fingerprint density at radius 2 is 1.79 bits per heavy atom. The van der Waals surface area contributed by atoms with E-state index in [1.165, 1.54) is 35.3 Å². The molecule has 2 aromatic carbocycles. The summed E-state index contributed by atoms with van der Waals surface area (Å²) >= 11 is 0. The summed E-state index contributed by atoms with van der Waals surface area (Å²) in [5.41, 5.74) is 4.87. The molecule has 1 fully saturated rings. The van der Waals surface area contributed by atoms with Crippen molar-refractivity contribution in [1.82, 2.24) is 9.80 Å². The Labute approximate surface area is 173 Å². The molecule has 4 rings (SSSR count). The molecule has 29 heavy (non-hydrogen) atoms. The van der Waals surface area contributed by atoms with Crippen molar-refractivity contribution in [1.29, 1.82) is 0 Å². The fourth-order valence-corrected chi connectivity index (χ4v) is 4.71. The summed E-state index contributed by atoms with van der Waals surface area (Å²) in [5.74, 6) is 0. The van der Waals surface area contributed by atoms with E-state index in [1.807, 2.05) is 18.2 Å². The predicted molar refractivity (Wildman–Crippen MR) is 117 cm³/mol. The molecule has 0 saturated carbocycles. The van der Waals surface area contributed by atoms with Crippen LogP contribution in [-0.4, -0.2) is 60.3 Å². The van der Waals surface area contributed by atoms with Crippen molar-refractivity contribution in [2.24, 2.45) is 0 Å². The molecule has 2 aliphatic heterocycles. The van der Waals surface area contributed by atoms with E-state index in [1.54, 1.807) is 4.90 Å². The Kier molecular flexibility index (Phi) is 6.05. The van der Waals surface area contributed by atoms with Crippen LogP contribution in [0.25, 0.3) is 0 Å². The number of piperazine rings is 1. The fourth-order valence-electron chi connectivity index (χ4n) is 4.71. The summed E-state index contributed by atoms with van der Waals surface area (Å²) in [6, 6.07) is 16.8. The number of benzene rings is 2. The number of rotatable bonds is 5. The fraction of sp³-hybridized carbons (Fsp3) is 0.458. The molecule has 1 amide bonds. The standard InChI is InChI=1S/C24H31N3O2/c1-2-11-25-13-15-26(16-14-25)21-9-8-20-10-12-27(24(28)29)23(22(20)18-21)17-19-6-4-3-5-7-19/h3-9,18,23H,2,10-17H2,1H3,(H,28,29). The lowest BCUT2D eigenvalue weighted by molar-refractivity contribution is 0.119. The second kappa shape index (κ2) is 8.87. The Hall–Kier alpha value is -2.53. The van der Waals surface area contributed by atoms with Crippen molar-refractivity contribution in [2.45, 2.75) is 32.2 Å². The number of amides is 1. The number of carboxylic acid groups (broad SMARTS) is 1. The van der Waals surface area contributed by atoms with Gasteiger partial charge in [0.25, 0.3) is 0 Å². The first-order chi connectivity index (χ1) is 14.2. The Morgan fingerprint density at radius 3 is 2.48 bits per heavy atom. The number of hydrogen-bond donors (Lipinski definition) is 1. The molecule has 5 heteroatoms. The Bertz CT molecular complexity index is 831. The highest BCUT2D eigenvalue weighted by Crippen LogP contribution is 2.35. The van der Waals surface area contributed by atoms with E-state index >= 15 is 0 Å². The van der Waals surface area contributed by atoms with Crippen LogP contribution < -0.4 is 4.90 Å². The maximum Gasteiger partial charge on any atom is 0.407 e. The van der Waals surface area contributed by atoms with E-state index in [0.717, 1.165) is 32.6 Å². The van der Waals surface area contributed by atoms with Crippen LogP contribution in [0.2, 0.25) is 0 Å². The first kappa shape index (κ1) is 19.8. The highest BCUT2D eigenvalue weighted by molar-refractivity contribution is 5.67. The lowest BCUT2D eigenvalue weighted by Gasteiger charge is -2.39. The van der Waals surface area contributed by atoms with Crippen molar-refractivity contribution in [3.05, 3.63) is 65.2 Å². The van der Waals surface area contributed by atoms with Gasteiger partial charge in [-0.15, -0.1) is 0 Å². The summed E-state index contributed by atoms with van der Waals surface area (Å²) in [5, 5.41) is 9.82. The van der Waals surface area contributed by atoms with E-state index in [-0.39, 0.29) is 6.04 Å². The van der Waals surface area contributed by atoms with E-state index in [9.17, 15) is 9.90 Å². The van der Waals surface area contributed by atoms with Gasteiger partial charge in [-0.2, -0.15) is 0 Å². The summed E-state index contributed by atoms with van der Waals surface area (Å²) < 4.78 is 0. The molecule has 1 N–H and O–H groups in total. The van der Waals surface area contributed by atoms with Crippen molar-refractivity contribution >= 4 is 11.8 Å². The van der Waals surface area contributed by atoms with E-state index in [4.69, 9.17) is 0 Å². The van der Waals surface area contributed by atoms with Gasteiger partial charge in [0.1, 0.15) is 0 Å². The van der Waals surface area contributed by atoms with Crippen molar-refractivity contribution in [3.63, 3.8) is 0 Å². The average Bonchev–Trinajstić information content (AvgIpc) is 2.75. The second-order valence-electron chi connectivity index (χ2n) is 8.14. The molecular weight excluding hydrogens is 362 g/mol. The smallest absolute Gasteiger partial charge is 0.407 e. The van der Waals surface area contributed by atoms with Crippen molar-refractivity contribution < 1.29 is 9.90 Å². The molecule has 5 nitrogen and oxygen atoms in total. The van der Waals surface area contributed by atoms with Crippen LogP contribution in [0, 0.1) is 0 Å². The maximum absolute atomic E-state index is 12.0. The normalized spacial score (nSPS) is 19.8. The minimum atomic E-state index is -0.824. The predicted octanol–water partition coefficient (Wildman–Crippen LogP) is 4.04. The van der Waals surface area contributed by atoms with Gasteiger partial charge in [-0.1, -0.05) is 43.3 Å². The number of fused-ring (bicyclic) bond motifs is 1. The van der Waals surface area contributed by atoms with Gasteiger partial charge < -0.3 is 14.9 Å². The van der Waals surface area contributed by atoms with Crippen LogP contribution >= 0.6 is 0 Å². The monoisotopic (exact) mass is 393 g/mol. The van der Waals surface area contributed by atoms with Crippen LogP contribution in [0.5, 0.6) is 0 Å². The molecule has 0 aliphatic carbocycles. The third kappa shape index (κ3) is 4.40. The number of carbonyl (C=O) groups is 1. The zero-order valence-electron chi connectivity index (χ0n) is 17.3. The molecule has 2 aromatic rings. The van der Waals surface area contributed by atoms with Gasteiger partial charge in [-0.3, -0.25) is 4.90 Å². The molecule has 1 saturated heterocycles. The summed E-state index contributed by atoms with van der Waals surface area (Å²) in [7, 11) is 0. The molecule has 0 bridgehead atoms. The third-order valence-corrected chi connectivity index (χ3v) is 6.28. The first-order valence-corrected chi connectivity index (χ1v) is 10.8. The summed E-state index contributed by atoms with van der Waals surface area (Å²) in [6.45, 7) is 8.23. The zero-order valence-corrected chi connectivity index (χ0v) is 17.3. The maximum atomic E-state index is 12.0. The number of hydrogen-bond acceptors (Lipinski definition) is 3. The topological polar surface area (TPSA) is 47.0 Å². The molecule has 1 unspecified atom stereocenters. The minimum absolute atomic E-state index is 0.125. The molecule has 0 spiro atoms. The Morgan fingerprint density at radius 1 is 1.03 bits per heavy atom. The molecule has 154 valence electrons. The summed E-state index contributed by atoms with van der Waals surface area (Å²) in [4.78, 5) is 18.6. The first-order valence-electron chi connectivity index (χ1n) is 10.8. The van der Waals surface area contributed by atoms with E-state index in [0.29, 0.717) is 13.0 Å². The average molecular weight is 394 g/mol. The van der Waals surface area contributed by atoms with Crippen LogP contribution in [0.4, 0.5) is 10.5 Å². The van der Waals surface area contributed by atoms with Crippen LogP contribution in [-0.2, 0) is 12.8 Å². The number of nitrogens with zero attached hydrogens (tertiary/aromatic N) is 3. The van der Waals surface area contributed by atoms with Gasteiger partial charge in [0.2, 0.25) is 0 Å². The molecule has 2 aliphatic rings. The van der Waals surface area contributed by atoms with Crippen LogP contribution in [0.15, 0.2) is 48.5 Å². The van der Waals surface area contributed by atoms with Crippen LogP contribution in [0.1, 0.15) is 36.1 Å². The molecule has 2 heterocycles. The lowest BCUT2D eigenvalue weighted by Crippen LogP contribution is -2.46. The van der Waals surface area contributed by atoms with Gasteiger partial charge in [0.05, 0.1) is 6.04 Å². The Balaban J connectivity index is 1.59. The highest BCUT2D eigenvalue weighted by atomic mass is 16.4. The van der Waals surface area contributed by atoms with Gasteiger partial charge in [-0.25, -0.2) is 4.79 Å². The van der Waals surface area contributed by atoms with Gasteiger partial charge in [-0.05, 0) is 54.6 Å². The molecule has 0 aromatic heterocycles. The highest BCUT2D eigenvalue weighted by Gasteiger charge is 2.31. The van der Waals surface area contributed by atoms with Gasteiger partial charge in [0.15, 0.2) is 0 Å². The SMILES string of the molecule is CCCN1CCN(c2ccc3c(c2)C(Cc2ccccc2)N(C(=O)O)CC3)CC1. The molecular formula is C24H31N3O2. The summed E-state index contributed by atoms with van der Waals surface area (Å²) in [6.07, 6.45) is 1.88. The van der Waals surface area contributed by atoms with Crippen molar-refractivity contribution in [2.75, 3.05) is 44.2 Å². The third-order valence-electron chi connectivity index (χ3n) is 6.28. The second-order valence-corrected chi connectivity index (χ2v) is 8.14. The van der Waals surface area contributed by atoms with E-state index < -0.39 is 6.09 Å².